The summed E-state index contributed by atoms with van der Waals surface area (Å²) in [5.74, 6) is 0.214. The number of fused-ring (bicyclic) bond motifs is 2. The molecule has 1 fully saturated rings. The van der Waals surface area contributed by atoms with E-state index in [-0.39, 0.29) is 11.5 Å². The second kappa shape index (κ2) is 6.35. The molecule has 4 heterocycles. The summed E-state index contributed by atoms with van der Waals surface area (Å²) in [6, 6.07) is 0. The molecule has 0 saturated carbocycles. The van der Waals surface area contributed by atoms with Gasteiger partial charge in [-0.1, -0.05) is 0 Å². The van der Waals surface area contributed by atoms with Crippen LogP contribution in [-0.4, -0.2) is 55.5 Å². The standard InChI is InChI=1S/C16H22N6O2/c23-14(2-1-6-22-12-17-11-19-22)21-7-4-16(5-8-21)15-13(3-9-24-16)10-18-20-15/h10-12H,1-9H2,(H,18,20). The van der Waals surface area contributed by atoms with Crippen molar-refractivity contribution in [2.24, 2.45) is 0 Å². The number of aromatic nitrogens is 5. The number of hydrogen-bond acceptors (Lipinski definition) is 5. The van der Waals surface area contributed by atoms with E-state index in [0.717, 1.165) is 57.6 Å². The highest BCUT2D eigenvalue weighted by Gasteiger charge is 2.42. The molecule has 8 heteroatoms. The molecular weight excluding hydrogens is 308 g/mol. The summed E-state index contributed by atoms with van der Waals surface area (Å²) in [6.07, 6.45) is 9.00. The number of aryl methyl sites for hydroxylation is 1. The molecule has 1 amide bonds. The predicted molar refractivity (Wildman–Crippen MR) is 85.0 cm³/mol. The largest absolute Gasteiger partial charge is 0.368 e. The average molecular weight is 330 g/mol. The predicted octanol–water partition coefficient (Wildman–Crippen LogP) is 0.872. The number of likely N-dealkylation sites (tertiary alicyclic amines) is 1. The van der Waals surface area contributed by atoms with Crippen LogP contribution in [0.4, 0.5) is 0 Å². The smallest absolute Gasteiger partial charge is 0.222 e. The Bertz CT molecular complexity index is 687. The van der Waals surface area contributed by atoms with E-state index in [1.54, 1.807) is 11.0 Å². The zero-order valence-electron chi connectivity index (χ0n) is 13.6. The van der Waals surface area contributed by atoms with Crippen LogP contribution in [0.1, 0.15) is 36.9 Å². The van der Waals surface area contributed by atoms with Crippen molar-refractivity contribution in [2.45, 2.75) is 44.2 Å². The van der Waals surface area contributed by atoms with Gasteiger partial charge in [-0.25, -0.2) is 4.98 Å². The Morgan fingerprint density at radius 3 is 3.04 bits per heavy atom. The fraction of sp³-hybridized carbons (Fsp3) is 0.625. The maximum Gasteiger partial charge on any atom is 0.222 e. The van der Waals surface area contributed by atoms with E-state index in [4.69, 9.17) is 4.74 Å². The molecule has 2 aliphatic heterocycles. The molecule has 0 unspecified atom stereocenters. The highest BCUT2D eigenvalue weighted by Crippen LogP contribution is 2.40. The van der Waals surface area contributed by atoms with Gasteiger partial charge >= 0.3 is 0 Å². The molecule has 0 atom stereocenters. The third-order valence-corrected chi connectivity index (χ3v) is 5.09. The van der Waals surface area contributed by atoms with Crippen LogP contribution in [0.15, 0.2) is 18.9 Å². The van der Waals surface area contributed by atoms with Crippen LogP contribution in [0.3, 0.4) is 0 Å². The Labute approximate surface area is 140 Å². The van der Waals surface area contributed by atoms with Gasteiger partial charge in [-0.2, -0.15) is 10.2 Å². The Kier molecular flexibility index (Phi) is 4.05. The molecule has 1 spiro atoms. The number of piperidine rings is 1. The van der Waals surface area contributed by atoms with Crippen molar-refractivity contribution in [3.63, 3.8) is 0 Å². The minimum absolute atomic E-state index is 0.214. The van der Waals surface area contributed by atoms with Crippen molar-refractivity contribution in [1.29, 1.82) is 0 Å². The van der Waals surface area contributed by atoms with Crippen LogP contribution in [0.5, 0.6) is 0 Å². The van der Waals surface area contributed by atoms with E-state index in [1.807, 2.05) is 11.1 Å². The second-order valence-corrected chi connectivity index (χ2v) is 6.51. The van der Waals surface area contributed by atoms with Crippen LogP contribution in [0, 0.1) is 0 Å². The van der Waals surface area contributed by atoms with Crippen molar-refractivity contribution >= 4 is 5.91 Å². The molecule has 24 heavy (non-hydrogen) atoms. The lowest BCUT2D eigenvalue weighted by atomic mass is 9.83. The van der Waals surface area contributed by atoms with Gasteiger partial charge in [-0.3, -0.25) is 14.6 Å². The van der Waals surface area contributed by atoms with Crippen molar-refractivity contribution in [3.8, 4) is 0 Å². The topological polar surface area (TPSA) is 88.9 Å². The lowest BCUT2D eigenvalue weighted by Gasteiger charge is -2.43. The Balaban J connectivity index is 1.31. The number of nitrogens with zero attached hydrogens (tertiary/aromatic N) is 5. The fourth-order valence-electron chi connectivity index (χ4n) is 3.73. The number of rotatable bonds is 4. The molecule has 2 aliphatic rings. The summed E-state index contributed by atoms with van der Waals surface area (Å²) < 4.78 is 7.88. The zero-order valence-corrected chi connectivity index (χ0v) is 13.6. The number of aromatic amines is 1. The highest BCUT2D eigenvalue weighted by atomic mass is 16.5. The van der Waals surface area contributed by atoms with E-state index in [9.17, 15) is 4.79 Å². The summed E-state index contributed by atoms with van der Waals surface area (Å²) in [5.41, 5.74) is 2.10. The van der Waals surface area contributed by atoms with E-state index in [2.05, 4.69) is 20.3 Å². The lowest BCUT2D eigenvalue weighted by Crippen LogP contribution is -2.48. The number of hydrogen-bond donors (Lipinski definition) is 1. The molecule has 1 N–H and O–H groups in total. The van der Waals surface area contributed by atoms with Gasteiger partial charge in [-0.05, 0) is 31.2 Å². The molecule has 0 aromatic carbocycles. The van der Waals surface area contributed by atoms with Gasteiger partial charge in [0.05, 0.1) is 18.5 Å². The number of nitrogens with one attached hydrogen (secondary N) is 1. The molecule has 2 aromatic heterocycles. The van der Waals surface area contributed by atoms with Crippen molar-refractivity contribution in [1.82, 2.24) is 29.9 Å². The summed E-state index contributed by atoms with van der Waals surface area (Å²) in [6.45, 7) is 2.93. The van der Waals surface area contributed by atoms with Crippen LogP contribution < -0.4 is 0 Å². The summed E-state index contributed by atoms with van der Waals surface area (Å²) in [4.78, 5) is 18.3. The quantitative estimate of drug-likeness (QED) is 0.898. The number of H-pyrrole nitrogens is 1. The van der Waals surface area contributed by atoms with Crippen molar-refractivity contribution in [3.05, 3.63) is 30.1 Å². The average Bonchev–Trinajstić information content (AvgIpc) is 3.27. The SMILES string of the molecule is O=C(CCCn1cncn1)N1CCC2(CC1)OCCc1cn[nH]c12. The molecule has 128 valence electrons. The van der Waals surface area contributed by atoms with E-state index < -0.39 is 0 Å². The third-order valence-electron chi connectivity index (χ3n) is 5.09. The number of ether oxygens (including phenoxy) is 1. The summed E-state index contributed by atoms with van der Waals surface area (Å²) >= 11 is 0. The molecule has 0 aliphatic carbocycles. The van der Waals surface area contributed by atoms with Crippen LogP contribution in [0.25, 0.3) is 0 Å². The Morgan fingerprint density at radius 1 is 1.38 bits per heavy atom. The first-order valence-corrected chi connectivity index (χ1v) is 8.54. The Morgan fingerprint density at radius 2 is 2.25 bits per heavy atom. The van der Waals surface area contributed by atoms with Gasteiger partial charge in [0.15, 0.2) is 0 Å². The molecule has 8 nitrogen and oxygen atoms in total. The number of amides is 1. The molecular formula is C16H22N6O2. The first-order valence-electron chi connectivity index (χ1n) is 8.54. The van der Waals surface area contributed by atoms with Gasteiger partial charge in [0.25, 0.3) is 0 Å². The summed E-state index contributed by atoms with van der Waals surface area (Å²) in [7, 11) is 0. The molecule has 2 aromatic rings. The van der Waals surface area contributed by atoms with Crippen LogP contribution in [-0.2, 0) is 28.1 Å². The highest BCUT2D eigenvalue weighted by molar-refractivity contribution is 5.76. The van der Waals surface area contributed by atoms with Crippen LogP contribution in [0.2, 0.25) is 0 Å². The molecule has 0 radical (unpaired) electrons. The van der Waals surface area contributed by atoms with Crippen molar-refractivity contribution in [2.75, 3.05) is 19.7 Å². The molecule has 0 bridgehead atoms. The monoisotopic (exact) mass is 330 g/mol. The lowest BCUT2D eigenvalue weighted by molar-refractivity contribution is -0.141. The second-order valence-electron chi connectivity index (χ2n) is 6.51. The van der Waals surface area contributed by atoms with Crippen LogP contribution >= 0.6 is 0 Å². The first kappa shape index (κ1) is 15.3. The van der Waals surface area contributed by atoms with Gasteiger partial charge < -0.3 is 9.64 Å². The van der Waals surface area contributed by atoms with Gasteiger partial charge in [-0.15, -0.1) is 0 Å². The third kappa shape index (κ3) is 2.82. The zero-order chi connectivity index (χ0) is 16.4. The van der Waals surface area contributed by atoms with Gasteiger partial charge in [0.1, 0.15) is 18.3 Å². The first-order chi connectivity index (χ1) is 11.8. The van der Waals surface area contributed by atoms with Gasteiger partial charge in [0.2, 0.25) is 5.91 Å². The minimum Gasteiger partial charge on any atom is -0.368 e. The van der Waals surface area contributed by atoms with E-state index in [1.165, 1.54) is 11.9 Å². The van der Waals surface area contributed by atoms with Gasteiger partial charge in [0, 0.05) is 26.1 Å². The van der Waals surface area contributed by atoms with Crippen molar-refractivity contribution < 1.29 is 9.53 Å². The normalized spacial score (nSPS) is 19.4. The van der Waals surface area contributed by atoms with E-state index in [0.29, 0.717) is 6.42 Å². The minimum atomic E-state index is -0.276. The number of carbonyl (C=O) groups excluding carboxylic acids is 1. The Hall–Kier alpha value is -2.22. The molecule has 4 rings (SSSR count). The maximum atomic E-state index is 12.4. The maximum absolute atomic E-state index is 12.4. The fourth-order valence-corrected chi connectivity index (χ4v) is 3.73. The molecule has 1 saturated heterocycles. The summed E-state index contributed by atoms with van der Waals surface area (Å²) in [5, 5.41) is 11.3. The number of carbonyl (C=O) groups is 1. The van der Waals surface area contributed by atoms with E-state index >= 15 is 0 Å².